The molecule has 15 heavy (non-hydrogen) atoms. The van der Waals surface area contributed by atoms with Crippen molar-refractivity contribution in [2.75, 3.05) is 6.61 Å². The number of hydrogen-bond donors (Lipinski definition) is 1. The van der Waals surface area contributed by atoms with Crippen LogP contribution in [0.2, 0.25) is 0 Å². The van der Waals surface area contributed by atoms with E-state index in [0.29, 0.717) is 0 Å². The van der Waals surface area contributed by atoms with Gasteiger partial charge in [-0.25, -0.2) is 4.79 Å². The van der Waals surface area contributed by atoms with Gasteiger partial charge in [0.1, 0.15) is 6.61 Å². The summed E-state index contributed by atoms with van der Waals surface area (Å²) in [4.78, 5) is 35.0. The van der Waals surface area contributed by atoms with Crippen LogP contribution in [-0.2, 0) is 9.53 Å². The number of aromatic nitrogens is 2. The van der Waals surface area contributed by atoms with Crippen LogP contribution < -0.4 is 11.2 Å². The third-order valence-corrected chi connectivity index (χ3v) is 1.97. The molecule has 0 spiro atoms. The van der Waals surface area contributed by atoms with Crippen molar-refractivity contribution in [3.8, 4) is 0 Å². The maximum Gasteiger partial charge on any atom is 0.330 e. The standard InChI is InChI=1S/C9H8N2O4/c12-6-1-2-8(15-5-6)11-4-3-7(13)10-9(11)14/h1-4,8H,5H2,(H,10,13,14)/t8-/m0/s1. The predicted octanol–water partition coefficient (Wildman–Crippen LogP) is -0.809. The van der Waals surface area contributed by atoms with Gasteiger partial charge in [0.05, 0.1) is 0 Å². The Hall–Kier alpha value is -1.95. The smallest absolute Gasteiger partial charge is 0.330 e. The quantitative estimate of drug-likeness (QED) is 0.654. The first-order chi connectivity index (χ1) is 7.16. The van der Waals surface area contributed by atoms with E-state index < -0.39 is 17.5 Å². The summed E-state index contributed by atoms with van der Waals surface area (Å²) in [5, 5.41) is 0. The average Bonchev–Trinajstić information content (AvgIpc) is 2.20. The molecule has 2 heterocycles. The maximum atomic E-state index is 11.3. The van der Waals surface area contributed by atoms with Crippen molar-refractivity contribution >= 4 is 5.78 Å². The number of rotatable bonds is 1. The Morgan fingerprint density at radius 3 is 2.80 bits per heavy atom. The first-order valence-electron chi connectivity index (χ1n) is 4.31. The maximum absolute atomic E-state index is 11.3. The van der Waals surface area contributed by atoms with Gasteiger partial charge in [-0.3, -0.25) is 19.1 Å². The van der Waals surface area contributed by atoms with E-state index in [1.165, 1.54) is 29.0 Å². The molecule has 1 aliphatic rings. The summed E-state index contributed by atoms with van der Waals surface area (Å²) in [6.45, 7) is -0.0628. The SMILES string of the molecule is O=C1C=C[C@@H](n2ccc(=O)[nH]c2=O)OC1. The Bertz CT molecular complexity index is 525. The number of nitrogens with zero attached hydrogens (tertiary/aromatic N) is 1. The van der Waals surface area contributed by atoms with E-state index in [0.717, 1.165) is 0 Å². The van der Waals surface area contributed by atoms with Crippen molar-refractivity contribution in [1.82, 2.24) is 9.55 Å². The van der Waals surface area contributed by atoms with Gasteiger partial charge in [-0.1, -0.05) is 0 Å². The first kappa shape index (κ1) is 9.60. The molecule has 0 aromatic carbocycles. The zero-order chi connectivity index (χ0) is 10.8. The average molecular weight is 208 g/mol. The zero-order valence-electron chi connectivity index (χ0n) is 7.67. The summed E-state index contributed by atoms with van der Waals surface area (Å²) in [6.07, 6.45) is 3.51. The lowest BCUT2D eigenvalue weighted by molar-refractivity contribution is -0.123. The second-order valence-corrected chi connectivity index (χ2v) is 3.04. The molecule has 0 fully saturated rings. The summed E-state index contributed by atoms with van der Waals surface area (Å²) < 4.78 is 6.30. The molecule has 1 aromatic heterocycles. The minimum atomic E-state index is -0.632. The number of H-pyrrole nitrogens is 1. The second kappa shape index (κ2) is 3.66. The monoisotopic (exact) mass is 208 g/mol. The van der Waals surface area contributed by atoms with Gasteiger partial charge >= 0.3 is 5.69 Å². The molecule has 78 valence electrons. The fourth-order valence-electron chi connectivity index (χ4n) is 1.26. The second-order valence-electron chi connectivity index (χ2n) is 3.04. The van der Waals surface area contributed by atoms with Crippen LogP contribution in [-0.4, -0.2) is 21.9 Å². The van der Waals surface area contributed by atoms with E-state index in [9.17, 15) is 14.4 Å². The van der Waals surface area contributed by atoms with E-state index >= 15 is 0 Å². The highest BCUT2D eigenvalue weighted by Gasteiger charge is 2.15. The molecular weight excluding hydrogens is 200 g/mol. The molecule has 0 aliphatic carbocycles. The molecule has 0 radical (unpaired) electrons. The van der Waals surface area contributed by atoms with Gasteiger partial charge in [0.25, 0.3) is 5.56 Å². The number of hydrogen-bond acceptors (Lipinski definition) is 4. The zero-order valence-corrected chi connectivity index (χ0v) is 7.67. The summed E-state index contributed by atoms with van der Waals surface area (Å²) in [6, 6.07) is 1.22. The fourth-order valence-corrected chi connectivity index (χ4v) is 1.26. The van der Waals surface area contributed by atoms with Crippen LogP contribution in [0.15, 0.2) is 34.0 Å². The van der Waals surface area contributed by atoms with E-state index in [2.05, 4.69) is 4.98 Å². The van der Waals surface area contributed by atoms with Gasteiger partial charge in [0.2, 0.25) is 0 Å². The summed E-state index contributed by atoms with van der Waals surface area (Å²) >= 11 is 0. The van der Waals surface area contributed by atoms with Crippen molar-refractivity contribution in [2.45, 2.75) is 6.23 Å². The highest BCUT2D eigenvalue weighted by atomic mass is 16.5. The summed E-state index contributed by atoms with van der Waals surface area (Å²) in [7, 11) is 0. The van der Waals surface area contributed by atoms with Crippen LogP contribution in [0.4, 0.5) is 0 Å². The van der Waals surface area contributed by atoms with Gasteiger partial charge in [0, 0.05) is 12.3 Å². The number of aromatic amines is 1. The van der Waals surface area contributed by atoms with Crippen LogP contribution in [0.25, 0.3) is 0 Å². The van der Waals surface area contributed by atoms with Crippen molar-refractivity contribution < 1.29 is 9.53 Å². The third kappa shape index (κ3) is 1.94. The number of nitrogens with one attached hydrogen (secondary N) is 1. The molecule has 1 aromatic rings. The topological polar surface area (TPSA) is 81.2 Å². The Balaban J connectivity index is 2.39. The molecule has 1 N–H and O–H groups in total. The molecule has 6 nitrogen and oxygen atoms in total. The predicted molar refractivity (Wildman–Crippen MR) is 50.5 cm³/mol. The lowest BCUT2D eigenvalue weighted by Gasteiger charge is -2.18. The minimum absolute atomic E-state index is 0.0628. The van der Waals surface area contributed by atoms with E-state index in [1.54, 1.807) is 0 Å². The largest absolute Gasteiger partial charge is 0.346 e. The van der Waals surface area contributed by atoms with Crippen molar-refractivity contribution in [3.05, 3.63) is 45.3 Å². The minimum Gasteiger partial charge on any atom is -0.346 e. The third-order valence-electron chi connectivity index (χ3n) is 1.97. The van der Waals surface area contributed by atoms with E-state index in [4.69, 9.17) is 4.74 Å². The normalized spacial score (nSPS) is 20.5. The van der Waals surface area contributed by atoms with Crippen LogP contribution in [0.3, 0.4) is 0 Å². The fraction of sp³-hybridized carbons (Fsp3) is 0.222. The Morgan fingerprint density at radius 2 is 2.20 bits per heavy atom. The van der Waals surface area contributed by atoms with Gasteiger partial charge in [-0.05, 0) is 12.2 Å². The molecule has 0 saturated carbocycles. The summed E-state index contributed by atoms with van der Waals surface area (Å²) in [5.41, 5.74) is -1.03. The Morgan fingerprint density at radius 1 is 1.40 bits per heavy atom. The number of ether oxygens (including phenoxy) is 1. The van der Waals surface area contributed by atoms with Gasteiger partial charge in [-0.15, -0.1) is 0 Å². The molecule has 0 saturated heterocycles. The molecule has 0 amide bonds. The lowest BCUT2D eigenvalue weighted by Crippen LogP contribution is -2.33. The molecule has 0 unspecified atom stereocenters. The summed E-state index contributed by atoms with van der Waals surface area (Å²) in [5.74, 6) is -0.149. The van der Waals surface area contributed by atoms with Crippen LogP contribution in [0.1, 0.15) is 6.23 Å². The van der Waals surface area contributed by atoms with Crippen molar-refractivity contribution in [1.29, 1.82) is 0 Å². The highest BCUT2D eigenvalue weighted by molar-refractivity contribution is 5.91. The molecule has 6 heteroatoms. The van der Waals surface area contributed by atoms with Gasteiger partial charge < -0.3 is 4.74 Å². The molecule has 1 atom stereocenters. The Kier molecular flexibility index (Phi) is 2.34. The van der Waals surface area contributed by atoms with Crippen molar-refractivity contribution in [3.63, 3.8) is 0 Å². The van der Waals surface area contributed by atoms with Gasteiger partial charge in [-0.2, -0.15) is 0 Å². The number of carbonyl (C=O) groups is 1. The Labute approximate surface area is 83.8 Å². The van der Waals surface area contributed by atoms with Crippen molar-refractivity contribution in [2.24, 2.45) is 0 Å². The molecule has 1 aliphatic heterocycles. The van der Waals surface area contributed by atoms with Crippen LogP contribution in [0.5, 0.6) is 0 Å². The number of ketones is 1. The molecule has 2 rings (SSSR count). The first-order valence-corrected chi connectivity index (χ1v) is 4.31. The van der Waals surface area contributed by atoms with E-state index in [1.807, 2.05) is 0 Å². The lowest BCUT2D eigenvalue weighted by atomic mass is 10.3. The van der Waals surface area contributed by atoms with E-state index in [-0.39, 0.29) is 12.4 Å². The van der Waals surface area contributed by atoms with Crippen LogP contribution >= 0.6 is 0 Å². The van der Waals surface area contributed by atoms with Gasteiger partial charge in [0.15, 0.2) is 12.0 Å². The highest BCUT2D eigenvalue weighted by Crippen LogP contribution is 2.10. The number of carbonyl (C=O) groups excluding carboxylic acids is 1. The molecule has 0 bridgehead atoms. The van der Waals surface area contributed by atoms with Crippen LogP contribution in [0, 0.1) is 0 Å². The molecular formula is C9H8N2O4.